The molecule has 2 N–H and O–H groups in total. The van der Waals surface area contributed by atoms with Crippen molar-refractivity contribution in [1.82, 2.24) is 15.2 Å². The predicted octanol–water partition coefficient (Wildman–Crippen LogP) is 7.12. The molecule has 35 heavy (non-hydrogen) atoms. The molecule has 178 valence electrons. The van der Waals surface area contributed by atoms with Crippen LogP contribution in [0.4, 0.5) is 5.69 Å². The molecule has 8 heteroatoms. The first-order valence-corrected chi connectivity index (χ1v) is 12.6. The van der Waals surface area contributed by atoms with Gasteiger partial charge in [-0.15, -0.1) is 0 Å². The van der Waals surface area contributed by atoms with Gasteiger partial charge >= 0.3 is 0 Å². The Labute approximate surface area is 220 Å². The third-order valence-electron chi connectivity index (χ3n) is 5.99. The van der Waals surface area contributed by atoms with E-state index in [1.54, 1.807) is 18.3 Å². The first kappa shape index (κ1) is 23.7. The van der Waals surface area contributed by atoms with Crippen LogP contribution in [-0.2, 0) is 0 Å². The van der Waals surface area contributed by atoms with Crippen LogP contribution in [-0.4, -0.2) is 28.1 Å². The number of benzene rings is 2. The maximum absolute atomic E-state index is 6.44. The van der Waals surface area contributed by atoms with Crippen molar-refractivity contribution in [3.8, 4) is 11.3 Å². The molecule has 0 amide bonds. The van der Waals surface area contributed by atoms with Crippen LogP contribution >= 0.6 is 35.4 Å². The molecule has 5 rings (SSSR count). The second kappa shape index (κ2) is 10.7. The van der Waals surface area contributed by atoms with Gasteiger partial charge in [-0.05, 0) is 73.2 Å². The number of hydrogen-bond donors (Lipinski definition) is 2. The molecular weight excluding hydrogens is 499 g/mol. The Morgan fingerprint density at radius 1 is 1.00 bits per heavy atom. The molecule has 1 fully saturated rings. The average Bonchev–Trinajstić information content (AvgIpc) is 3.47. The molecule has 2 aromatic heterocycles. The second-order valence-electron chi connectivity index (χ2n) is 8.29. The largest absolute Gasteiger partial charge is 0.459 e. The minimum Gasteiger partial charge on any atom is -0.459 e. The molecule has 4 aromatic rings. The van der Waals surface area contributed by atoms with Crippen molar-refractivity contribution in [3.63, 3.8) is 0 Å². The summed E-state index contributed by atoms with van der Waals surface area (Å²) in [4.78, 5) is 6.78. The molecule has 0 spiro atoms. The zero-order valence-electron chi connectivity index (χ0n) is 18.8. The highest BCUT2D eigenvalue weighted by molar-refractivity contribution is 7.80. The zero-order chi connectivity index (χ0) is 24.2. The van der Waals surface area contributed by atoms with Crippen molar-refractivity contribution in [2.75, 3.05) is 18.4 Å². The molecule has 0 bridgehead atoms. The molecule has 1 aliphatic heterocycles. The monoisotopic (exact) mass is 522 g/mol. The highest BCUT2D eigenvalue weighted by atomic mass is 35.5. The number of hydrogen-bond acceptors (Lipinski definition) is 4. The van der Waals surface area contributed by atoms with Gasteiger partial charge in [0, 0.05) is 35.6 Å². The van der Waals surface area contributed by atoms with Crippen molar-refractivity contribution in [1.29, 1.82) is 0 Å². The van der Waals surface area contributed by atoms with E-state index >= 15 is 0 Å². The molecule has 0 radical (unpaired) electrons. The third-order valence-corrected chi connectivity index (χ3v) is 6.89. The first-order valence-electron chi connectivity index (χ1n) is 11.4. The van der Waals surface area contributed by atoms with Crippen LogP contribution in [0.2, 0.25) is 10.0 Å². The lowest BCUT2D eigenvalue weighted by Gasteiger charge is -2.26. The molecule has 2 atom stereocenters. The van der Waals surface area contributed by atoms with Crippen LogP contribution in [0.1, 0.15) is 30.0 Å². The number of halogens is 2. The number of para-hydroxylation sites is 1. The summed E-state index contributed by atoms with van der Waals surface area (Å²) in [5, 5.41) is 8.75. The molecule has 0 aliphatic carbocycles. The minimum absolute atomic E-state index is 0.134. The van der Waals surface area contributed by atoms with Crippen LogP contribution in [0.3, 0.4) is 0 Å². The van der Waals surface area contributed by atoms with Gasteiger partial charge < -0.3 is 20.0 Å². The summed E-state index contributed by atoms with van der Waals surface area (Å²) in [7, 11) is 0. The Balaban J connectivity index is 1.39. The number of pyridine rings is 1. The molecule has 5 nitrogen and oxygen atoms in total. The number of nitrogens with zero attached hydrogens (tertiary/aromatic N) is 2. The Hall–Kier alpha value is -3.06. The Kier molecular flexibility index (Phi) is 7.23. The summed E-state index contributed by atoms with van der Waals surface area (Å²) >= 11 is 18.3. The smallest absolute Gasteiger partial charge is 0.170 e. The van der Waals surface area contributed by atoms with E-state index in [-0.39, 0.29) is 12.1 Å². The van der Waals surface area contributed by atoms with Gasteiger partial charge in [-0.1, -0.05) is 47.5 Å². The summed E-state index contributed by atoms with van der Waals surface area (Å²) in [5.74, 6) is 1.48. The average molecular weight is 523 g/mol. The lowest BCUT2D eigenvalue weighted by atomic mass is 10.0. The van der Waals surface area contributed by atoms with Gasteiger partial charge in [-0.3, -0.25) is 4.98 Å². The third kappa shape index (κ3) is 5.30. The van der Waals surface area contributed by atoms with Gasteiger partial charge in [-0.25, -0.2) is 0 Å². The fraction of sp³-hybridized carbons (Fsp3) is 0.185. The Morgan fingerprint density at radius 2 is 1.83 bits per heavy atom. The van der Waals surface area contributed by atoms with Crippen LogP contribution in [0, 0.1) is 0 Å². The van der Waals surface area contributed by atoms with E-state index in [2.05, 4.69) is 32.7 Å². The van der Waals surface area contributed by atoms with Crippen molar-refractivity contribution in [2.45, 2.75) is 18.5 Å². The normalized spacial score (nSPS) is 17.4. The van der Waals surface area contributed by atoms with Gasteiger partial charge in [0.05, 0.1) is 16.8 Å². The summed E-state index contributed by atoms with van der Waals surface area (Å²) in [6, 6.07) is 25.1. The van der Waals surface area contributed by atoms with Gasteiger partial charge in [0.15, 0.2) is 5.11 Å². The van der Waals surface area contributed by atoms with E-state index in [1.165, 1.54) is 0 Å². The molecular formula is C27H24Cl2N4OS. The number of aromatic nitrogens is 1. The highest BCUT2D eigenvalue weighted by Crippen LogP contribution is 2.41. The molecule has 1 aliphatic rings. The maximum atomic E-state index is 6.44. The lowest BCUT2D eigenvalue weighted by molar-refractivity contribution is 0.274. The topological polar surface area (TPSA) is 53.3 Å². The number of nitrogens with one attached hydrogen (secondary N) is 2. The second-order valence-corrected chi connectivity index (χ2v) is 9.52. The SMILES string of the molecule is S=C1N[C@@H](c2ccccn2)[C@H](c2ccc(-c3ccc(Cl)cc3Cl)o2)N1CCCNc1ccccc1. The Bertz CT molecular complexity index is 1300. The van der Waals surface area contributed by atoms with Crippen molar-refractivity contribution in [2.24, 2.45) is 0 Å². The zero-order valence-corrected chi connectivity index (χ0v) is 21.2. The number of anilines is 1. The van der Waals surface area contributed by atoms with Gasteiger partial charge in [0.1, 0.15) is 17.6 Å². The highest BCUT2D eigenvalue weighted by Gasteiger charge is 2.41. The van der Waals surface area contributed by atoms with Gasteiger partial charge in [-0.2, -0.15) is 0 Å². The van der Waals surface area contributed by atoms with E-state index in [0.29, 0.717) is 20.9 Å². The molecule has 3 heterocycles. The lowest BCUT2D eigenvalue weighted by Crippen LogP contribution is -2.31. The molecule has 1 saturated heterocycles. The van der Waals surface area contributed by atoms with E-state index in [4.69, 9.17) is 39.8 Å². The van der Waals surface area contributed by atoms with E-state index in [1.807, 2.05) is 54.6 Å². The maximum Gasteiger partial charge on any atom is 0.170 e. The van der Waals surface area contributed by atoms with Crippen molar-refractivity contribution < 1.29 is 4.42 Å². The summed E-state index contributed by atoms with van der Waals surface area (Å²) in [5.41, 5.74) is 2.81. The standard InChI is InChI=1S/C27H24Cl2N4OS/c28-18-10-11-20(21(29)17-18)23-12-13-24(34-23)26-25(22-9-4-5-14-31-22)32-27(35)33(26)16-6-15-30-19-7-2-1-3-8-19/h1-5,7-14,17,25-26,30H,6,15-16H2,(H,32,35)/t25-,26-/m0/s1. The van der Waals surface area contributed by atoms with Crippen LogP contribution in [0.5, 0.6) is 0 Å². The van der Waals surface area contributed by atoms with Crippen LogP contribution < -0.4 is 10.6 Å². The Morgan fingerprint density at radius 3 is 2.60 bits per heavy atom. The molecule has 0 saturated carbocycles. The van der Waals surface area contributed by atoms with E-state index in [9.17, 15) is 0 Å². The molecule has 0 unspecified atom stereocenters. The van der Waals surface area contributed by atoms with Gasteiger partial charge in [0.2, 0.25) is 0 Å². The fourth-order valence-corrected chi connectivity index (χ4v) is 5.17. The summed E-state index contributed by atoms with van der Waals surface area (Å²) < 4.78 is 6.37. The molecule has 2 aromatic carbocycles. The van der Waals surface area contributed by atoms with E-state index in [0.717, 1.165) is 42.2 Å². The fourth-order valence-electron chi connectivity index (χ4n) is 4.34. The van der Waals surface area contributed by atoms with Crippen LogP contribution in [0.15, 0.2) is 89.5 Å². The van der Waals surface area contributed by atoms with Crippen molar-refractivity contribution >= 4 is 46.2 Å². The first-order chi connectivity index (χ1) is 17.1. The van der Waals surface area contributed by atoms with Gasteiger partial charge in [0.25, 0.3) is 0 Å². The van der Waals surface area contributed by atoms with E-state index < -0.39 is 0 Å². The summed E-state index contributed by atoms with van der Waals surface area (Å²) in [6.45, 7) is 1.59. The quantitative estimate of drug-likeness (QED) is 0.189. The van der Waals surface area contributed by atoms with Crippen molar-refractivity contribution in [3.05, 3.63) is 107 Å². The van der Waals surface area contributed by atoms with Crippen LogP contribution in [0.25, 0.3) is 11.3 Å². The number of thiocarbonyl (C=S) groups is 1. The summed E-state index contributed by atoms with van der Waals surface area (Å²) in [6.07, 6.45) is 2.70. The minimum atomic E-state index is -0.144. The predicted molar refractivity (Wildman–Crippen MR) is 146 cm³/mol. The number of furan rings is 1. The number of rotatable bonds is 8.